The first-order valence-corrected chi connectivity index (χ1v) is 6.40. The van der Waals surface area contributed by atoms with Crippen molar-refractivity contribution in [1.82, 2.24) is 5.32 Å². The molecule has 0 aliphatic carbocycles. The fourth-order valence-corrected chi connectivity index (χ4v) is 1.92. The van der Waals surface area contributed by atoms with Gasteiger partial charge < -0.3 is 10.1 Å². The minimum absolute atomic E-state index is 0.0521. The molecule has 0 unspecified atom stereocenters. The number of halogens is 4. The van der Waals surface area contributed by atoms with Gasteiger partial charge in [-0.3, -0.25) is 0 Å². The lowest BCUT2D eigenvalue weighted by molar-refractivity contribution is -0.173. The third-order valence-electron chi connectivity index (χ3n) is 2.55. The van der Waals surface area contributed by atoms with Gasteiger partial charge in [0.1, 0.15) is 6.61 Å². The van der Waals surface area contributed by atoms with E-state index >= 15 is 0 Å². The van der Waals surface area contributed by atoms with E-state index in [1.54, 1.807) is 0 Å². The maximum absolute atomic E-state index is 11.8. The van der Waals surface area contributed by atoms with Crippen molar-refractivity contribution in [3.63, 3.8) is 0 Å². The van der Waals surface area contributed by atoms with Crippen molar-refractivity contribution in [3.05, 3.63) is 34.9 Å². The average Bonchev–Trinajstić information content (AvgIpc) is 2.32. The van der Waals surface area contributed by atoms with Crippen LogP contribution in [0.2, 0.25) is 5.02 Å². The summed E-state index contributed by atoms with van der Waals surface area (Å²) in [6.07, 6.45) is -3.73. The van der Waals surface area contributed by atoms with Gasteiger partial charge in [0.15, 0.2) is 0 Å². The molecule has 0 aliphatic rings. The van der Waals surface area contributed by atoms with Crippen LogP contribution in [0.5, 0.6) is 0 Å². The van der Waals surface area contributed by atoms with E-state index in [9.17, 15) is 13.2 Å². The Balaban J connectivity index is 2.18. The number of alkyl halides is 3. The molecule has 19 heavy (non-hydrogen) atoms. The third kappa shape index (κ3) is 6.80. The number of benzene rings is 1. The van der Waals surface area contributed by atoms with Gasteiger partial charge >= 0.3 is 6.18 Å². The van der Waals surface area contributed by atoms with Crippen molar-refractivity contribution in [2.75, 3.05) is 19.8 Å². The summed E-state index contributed by atoms with van der Waals surface area (Å²) in [6.45, 7) is 1.43. The molecule has 0 saturated carbocycles. The van der Waals surface area contributed by atoms with E-state index in [0.717, 1.165) is 5.56 Å². The molecule has 0 amide bonds. The normalized spacial score (nSPS) is 13.5. The van der Waals surface area contributed by atoms with Crippen molar-refractivity contribution in [2.24, 2.45) is 0 Å². The van der Waals surface area contributed by atoms with Gasteiger partial charge in [-0.05, 0) is 31.5 Å². The highest BCUT2D eigenvalue weighted by atomic mass is 35.5. The highest BCUT2D eigenvalue weighted by molar-refractivity contribution is 6.31. The summed E-state index contributed by atoms with van der Waals surface area (Å²) in [6, 6.07) is 7.52. The zero-order chi connectivity index (χ0) is 14.3. The fraction of sp³-hybridized carbons (Fsp3) is 0.538. The van der Waals surface area contributed by atoms with Crippen LogP contribution in [0.1, 0.15) is 24.9 Å². The third-order valence-corrected chi connectivity index (χ3v) is 2.90. The summed E-state index contributed by atoms with van der Waals surface area (Å²) in [5.41, 5.74) is 0.973. The molecule has 1 aromatic rings. The van der Waals surface area contributed by atoms with E-state index in [1.807, 2.05) is 31.2 Å². The van der Waals surface area contributed by atoms with E-state index in [4.69, 9.17) is 11.6 Å². The number of hydrogen-bond acceptors (Lipinski definition) is 2. The van der Waals surface area contributed by atoms with Crippen LogP contribution in [0.4, 0.5) is 13.2 Å². The molecule has 1 N–H and O–H groups in total. The largest absolute Gasteiger partial charge is 0.411 e. The van der Waals surface area contributed by atoms with Crippen LogP contribution in [0.25, 0.3) is 0 Å². The van der Waals surface area contributed by atoms with Crippen molar-refractivity contribution >= 4 is 11.6 Å². The van der Waals surface area contributed by atoms with Gasteiger partial charge in [-0.1, -0.05) is 29.8 Å². The van der Waals surface area contributed by atoms with Gasteiger partial charge in [-0.15, -0.1) is 0 Å². The molecule has 0 bridgehead atoms. The van der Waals surface area contributed by atoms with Crippen molar-refractivity contribution in [3.8, 4) is 0 Å². The molecular weight excluding hydrogens is 279 g/mol. The van der Waals surface area contributed by atoms with Crippen LogP contribution in [-0.2, 0) is 4.74 Å². The first kappa shape index (κ1) is 16.3. The molecule has 6 heteroatoms. The van der Waals surface area contributed by atoms with E-state index in [2.05, 4.69) is 10.1 Å². The van der Waals surface area contributed by atoms with Crippen molar-refractivity contribution in [2.45, 2.75) is 25.6 Å². The first-order chi connectivity index (χ1) is 8.90. The lowest BCUT2D eigenvalue weighted by Gasteiger charge is -2.15. The SMILES string of the molecule is C[C@H](NCCCOCC(F)(F)F)c1ccccc1Cl. The Labute approximate surface area is 115 Å². The Morgan fingerprint density at radius 3 is 2.63 bits per heavy atom. The monoisotopic (exact) mass is 295 g/mol. The minimum atomic E-state index is -4.25. The number of rotatable bonds is 7. The van der Waals surface area contributed by atoms with Crippen molar-refractivity contribution in [1.29, 1.82) is 0 Å². The van der Waals surface area contributed by atoms with E-state index in [1.165, 1.54) is 0 Å². The highest BCUT2D eigenvalue weighted by Crippen LogP contribution is 2.21. The molecule has 0 radical (unpaired) electrons. The van der Waals surface area contributed by atoms with Crippen LogP contribution in [0.15, 0.2) is 24.3 Å². The Hall–Kier alpha value is -0.780. The van der Waals surface area contributed by atoms with Crippen LogP contribution >= 0.6 is 11.6 Å². The molecule has 0 aliphatic heterocycles. The Bertz CT molecular complexity index is 384. The maximum Gasteiger partial charge on any atom is 0.411 e. The Morgan fingerprint density at radius 1 is 1.32 bits per heavy atom. The Morgan fingerprint density at radius 2 is 2.00 bits per heavy atom. The smallest absolute Gasteiger partial charge is 0.372 e. The summed E-state index contributed by atoms with van der Waals surface area (Å²) >= 11 is 6.04. The molecule has 0 heterocycles. The summed E-state index contributed by atoms with van der Waals surface area (Å²) in [7, 11) is 0. The number of ether oxygens (including phenoxy) is 1. The summed E-state index contributed by atoms with van der Waals surface area (Å²) in [5, 5.41) is 3.87. The molecule has 0 aromatic heterocycles. The summed E-state index contributed by atoms with van der Waals surface area (Å²) in [5.74, 6) is 0. The topological polar surface area (TPSA) is 21.3 Å². The molecule has 1 aromatic carbocycles. The minimum Gasteiger partial charge on any atom is -0.372 e. The second-order valence-corrected chi connectivity index (χ2v) is 4.63. The van der Waals surface area contributed by atoms with Crippen LogP contribution in [0.3, 0.4) is 0 Å². The molecule has 108 valence electrons. The average molecular weight is 296 g/mol. The van der Waals surface area contributed by atoms with Crippen molar-refractivity contribution < 1.29 is 17.9 Å². The van der Waals surface area contributed by atoms with Gasteiger partial charge in [0.25, 0.3) is 0 Å². The summed E-state index contributed by atoms with van der Waals surface area (Å²) < 4.78 is 39.9. The van der Waals surface area contributed by atoms with Crippen LogP contribution < -0.4 is 5.32 Å². The number of nitrogens with one attached hydrogen (secondary N) is 1. The van der Waals surface area contributed by atoms with E-state index in [0.29, 0.717) is 18.0 Å². The summed E-state index contributed by atoms with van der Waals surface area (Å²) in [4.78, 5) is 0. The second kappa shape index (κ2) is 7.72. The molecule has 1 rings (SSSR count). The molecular formula is C13H17ClF3NO. The second-order valence-electron chi connectivity index (χ2n) is 4.22. The quantitative estimate of drug-likeness (QED) is 0.769. The van der Waals surface area contributed by atoms with Crippen LogP contribution in [0, 0.1) is 0 Å². The van der Waals surface area contributed by atoms with Gasteiger partial charge in [0.05, 0.1) is 0 Å². The highest BCUT2D eigenvalue weighted by Gasteiger charge is 2.27. The molecule has 2 nitrogen and oxygen atoms in total. The zero-order valence-electron chi connectivity index (χ0n) is 10.6. The predicted molar refractivity (Wildman–Crippen MR) is 69.4 cm³/mol. The molecule has 0 fully saturated rings. The zero-order valence-corrected chi connectivity index (χ0v) is 11.4. The van der Waals surface area contributed by atoms with E-state index in [-0.39, 0.29) is 12.6 Å². The Kier molecular flexibility index (Phi) is 6.62. The lowest BCUT2D eigenvalue weighted by Crippen LogP contribution is -2.22. The predicted octanol–water partition coefficient (Wildman–Crippen LogP) is 3.96. The molecule has 0 saturated heterocycles. The number of hydrogen-bond donors (Lipinski definition) is 1. The lowest BCUT2D eigenvalue weighted by atomic mass is 10.1. The maximum atomic E-state index is 11.8. The standard InChI is InChI=1S/C13H17ClF3NO/c1-10(11-5-2-3-6-12(11)14)18-7-4-8-19-9-13(15,16)17/h2-3,5-6,10,18H,4,7-9H2,1H3/t10-/m0/s1. The molecule has 0 spiro atoms. The molecule has 1 atom stereocenters. The first-order valence-electron chi connectivity index (χ1n) is 6.02. The van der Waals surface area contributed by atoms with E-state index < -0.39 is 12.8 Å². The van der Waals surface area contributed by atoms with Gasteiger partial charge in [-0.2, -0.15) is 13.2 Å². The van der Waals surface area contributed by atoms with Gasteiger partial charge in [0, 0.05) is 17.7 Å². The van der Waals surface area contributed by atoms with Gasteiger partial charge in [0.2, 0.25) is 0 Å². The fourth-order valence-electron chi connectivity index (χ4n) is 1.62. The van der Waals surface area contributed by atoms with Gasteiger partial charge in [-0.25, -0.2) is 0 Å². The van der Waals surface area contributed by atoms with Crippen LogP contribution in [-0.4, -0.2) is 25.9 Å².